The van der Waals surface area contributed by atoms with E-state index >= 15 is 0 Å². The summed E-state index contributed by atoms with van der Waals surface area (Å²) >= 11 is 0. The zero-order chi connectivity index (χ0) is 15.7. The van der Waals surface area contributed by atoms with Gasteiger partial charge in [0.1, 0.15) is 5.75 Å². The lowest BCUT2D eigenvalue weighted by atomic mass is 10.1. The van der Waals surface area contributed by atoms with Gasteiger partial charge in [-0.2, -0.15) is 0 Å². The first-order chi connectivity index (χ1) is 10.6. The van der Waals surface area contributed by atoms with Crippen molar-refractivity contribution in [3.63, 3.8) is 0 Å². The van der Waals surface area contributed by atoms with Gasteiger partial charge in [-0.15, -0.1) is 0 Å². The van der Waals surface area contributed by atoms with Gasteiger partial charge >= 0.3 is 0 Å². The number of ether oxygens (including phenoxy) is 1. The lowest BCUT2D eigenvalue weighted by Crippen LogP contribution is -2.13. The molecule has 0 saturated carbocycles. The molecule has 3 aromatic rings. The van der Waals surface area contributed by atoms with Crippen molar-refractivity contribution in [1.29, 1.82) is 0 Å². The second-order valence-electron chi connectivity index (χ2n) is 4.95. The molecule has 112 valence electrons. The molecule has 0 atom stereocenters. The Morgan fingerprint density at radius 2 is 2.09 bits per heavy atom. The molecule has 2 heterocycles. The van der Waals surface area contributed by atoms with Crippen molar-refractivity contribution < 1.29 is 14.1 Å². The molecule has 0 aliphatic heterocycles. The smallest absolute Gasteiger partial charge is 0.258 e. The fraction of sp³-hybridized carbons (Fsp3) is 0.188. The van der Waals surface area contributed by atoms with E-state index in [1.807, 2.05) is 12.1 Å². The lowest BCUT2D eigenvalue weighted by Gasteiger charge is -2.08. The van der Waals surface area contributed by atoms with Crippen LogP contribution in [0.5, 0.6) is 5.75 Å². The quantitative estimate of drug-likeness (QED) is 0.803. The largest absolute Gasteiger partial charge is 0.497 e. The highest BCUT2D eigenvalue weighted by Crippen LogP contribution is 2.24. The standard InChI is InChI=1S/C16H15N3O3/c1-9-7-13(14-10(2)19-22-16(14)17-9)15(20)18-11-5-4-6-12(8-11)21-3/h4-8H,1-3H3,(H,18,20). The Morgan fingerprint density at radius 3 is 2.86 bits per heavy atom. The van der Waals surface area contributed by atoms with Gasteiger partial charge in [-0.05, 0) is 32.0 Å². The number of aromatic nitrogens is 2. The SMILES string of the molecule is COc1cccc(NC(=O)c2cc(C)nc3onc(C)c23)c1. The Morgan fingerprint density at radius 1 is 1.27 bits per heavy atom. The summed E-state index contributed by atoms with van der Waals surface area (Å²) in [5, 5.41) is 7.36. The van der Waals surface area contributed by atoms with Gasteiger partial charge in [-0.3, -0.25) is 4.79 Å². The van der Waals surface area contributed by atoms with Gasteiger partial charge in [-0.1, -0.05) is 11.2 Å². The van der Waals surface area contributed by atoms with Crippen LogP contribution < -0.4 is 10.1 Å². The van der Waals surface area contributed by atoms with Crippen LogP contribution >= 0.6 is 0 Å². The van der Waals surface area contributed by atoms with Gasteiger partial charge in [0.2, 0.25) is 0 Å². The van der Waals surface area contributed by atoms with Gasteiger partial charge in [0.25, 0.3) is 11.6 Å². The molecule has 0 spiro atoms. The summed E-state index contributed by atoms with van der Waals surface area (Å²) in [4.78, 5) is 16.8. The molecule has 1 amide bonds. The third kappa shape index (κ3) is 2.50. The average molecular weight is 297 g/mol. The number of rotatable bonds is 3. The number of hydrogen-bond donors (Lipinski definition) is 1. The summed E-state index contributed by atoms with van der Waals surface area (Å²) in [5.41, 5.74) is 2.84. The van der Waals surface area contributed by atoms with Gasteiger partial charge < -0.3 is 14.6 Å². The highest BCUT2D eigenvalue weighted by molar-refractivity contribution is 6.12. The molecular weight excluding hydrogens is 282 g/mol. The topological polar surface area (TPSA) is 77.2 Å². The zero-order valence-electron chi connectivity index (χ0n) is 12.5. The Kier molecular flexibility index (Phi) is 3.50. The minimum absolute atomic E-state index is 0.241. The van der Waals surface area contributed by atoms with Crippen molar-refractivity contribution in [2.75, 3.05) is 12.4 Å². The third-order valence-corrected chi connectivity index (χ3v) is 3.32. The fourth-order valence-electron chi connectivity index (χ4n) is 2.30. The van der Waals surface area contributed by atoms with Crippen LogP contribution in [0.15, 0.2) is 34.9 Å². The van der Waals surface area contributed by atoms with E-state index in [9.17, 15) is 4.79 Å². The fourth-order valence-corrected chi connectivity index (χ4v) is 2.30. The molecular formula is C16H15N3O3. The molecule has 0 radical (unpaired) electrons. The number of fused-ring (bicyclic) bond motifs is 1. The number of nitrogens with zero attached hydrogens (tertiary/aromatic N) is 2. The van der Waals surface area contributed by atoms with E-state index < -0.39 is 0 Å². The number of hydrogen-bond acceptors (Lipinski definition) is 5. The molecule has 6 heteroatoms. The molecule has 2 aromatic heterocycles. The van der Waals surface area contributed by atoms with Crippen molar-refractivity contribution in [3.8, 4) is 5.75 Å². The summed E-state index contributed by atoms with van der Waals surface area (Å²) in [6.45, 7) is 3.59. The maximum atomic E-state index is 12.6. The first-order valence-electron chi connectivity index (χ1n) is 6.77. The van der Waals surface area contributed by atoms with Crippen LogP contribution in [0, 0.1) is 13.8 Å². The zero-order valence-corrected chi connectivity index (χ0v) is 12.5. The van der Waals surface area contributed by atoms with Crippen LogP contribution in [-0.4, -0.2) is 23.2 Å². The molecule has 1 aromatic carbocycles. The van der Waals surface area contributed by atoms with Crippen LogP contribution in [0.2, 0.25) is 0 Å². The molecule has 1 N–H and O–H groups in total. The Labute approximate surface area is 127 Å². The summed E-state index contributed by atoms with van der Waals surface area (Å²) in [5.74, 6) is 0.435. The molecule has 0 fully saturated rings. The summed E-state index contributed by atoms with van der Waals surface area (Å²) < 4.78 is 10.3. The number of anilines is 1. The number of aryl methyl sites for hydroxylation is 2. The van der Waals surface area contributed by atoms with Crippen molar-refractivity contribution in [1.82, 2.24) is 10.1 Å². The van der Waals surface area contributed by atoms with E-state index in [1.54, 1.807) is 39.2 Å². The normalized spacial score (nSPS) is 10.7. The summed E-state index contributed by atoms with van der Waals surface area (Å²) in [7, 11) is 1.58. The van der Waals surface area contributed by atoms with Crippen molar-refractivity contribution in [3.05, 3.63) is 47.3 Å². The molecule has 0 saturated heterocycles. The van der Waals surface area contributed by atoms with Crippen molar-refractivity contribution in [2.24, 2.45) is 0 Å². The van der Waals surface area contributed by atoms with E-state index in [1.165, 1.54) is 0 Å². The molecule has 0 unspecified atom stereocenters. The Bertz CT molecular complexity index is 855. The third-order valence-electron chi connectivity index (χ3n) is 3.32. The lowest BCUT2D eigenvalue weighted by molar-refractivity contribution is 0.102. The van der Waals surface area contributed by atoms with Gasteiger partial charge in [-0.25, -0.2) is 4.98 Å². The minimum Gasteiger partial charge on any atom is -0.497 e. The molecule has 6 nitrogen and oxygen atoms in total. The second-order valence-corrected chi connectivity index (χ2v) is 4.95. The highest BCUT2D eigenvalue weighted by Gasteiger charge is 2.18. The predicted molar refractivity (Wildman–Crippen MR) is 82.2 cm³/mol. The van der Waals surface area contributed by atoms with Crippen LogP contribution in [0.1, 0.15) is 21.7 Å². The van der Waals surface area contributed by atoms with Crippen LogP contribution in [-0.2, 0) is 0 Å². The number of carbonyl (C=O) groups excluding carboxylic acids is 1. The second kappa shape index (κ2) is 5.48. The molecule has 0 bridgehead atoms. The van der Waals surface area contributed by atoms with E-state index in [-0.39, 0.29) is 5.91 Å². The van der Waals surface area contributed by atoms with Crippen molar-refractivity contribution >= 4 is 22.7 Å². The van der Waals surface area contributed by atoms with E-state index in [0.29, 0.717) is 39.5 Å². The van der Waals surface area contributed by atoms with E-state index in [0.717, 1.165) is 0 Å². The first-order valence-corrected chi connectivity index (χ1v) is 6.77. The van der Waals surface area contributed by atoms with E-state index in [4.69, 9.17) is 9.26 Å². The monoisotopic (exact) mass is 297 g/mol. The van der Waals surface area contributed by atoms with Crippen LogP contribution in [0.25, 0.3) is 11.1 Å². The number of amides is 1. The molecule has 0 aliphatic carbocycles. The number of nitrogens with one attached hydrogen (secondary N) is 1. The number of benzene rings is 1. The maximum Gasteiger partial charge on any atom is 0.258 e. The summed E-state index contributed by atoms with van der Waals surface area (Å²) in [6, 6.07) is 8.90. The van der Waals surface area contributed by atoms with E-state index in [2.05, 4.69) is 15.5 Å². The number of carbonyl (C=O) groups is 1. The minimum atomic E-state index is -0.241. The van der Waals surface area contributed by atoms with Crippen LogP contribution in [0.3, 0.4) is 0 Å². The van der Waals surface area contributed by atoms with Gasteiger partial charge in [0.05, 0.1) is 23.8 Å². The predicted octanol–water partition coefficient (Wildman–Crippen LogP) is 3.10. The first kappa shape index (κ1) is 14.1. The van der Waals surface area contributed by atoms with Gasteiger partial charge in [0, 0.05) is 17.4 Å². The van der Waals surface area contributed by atoms with Crippen molar-refractivity contribution in [2.45, 2.75) is 13.8 Å². The Hall–Kier alpha value is -2.89. The molecule has 3 rings (SSSR count). The Balaban J connectivity index is 2.00. The molecule has 0 aliphatic rings. The summed E-state index contributed by atoms with van der Waals surface area (Å²) in [6.07, 6.45) is 0. The highest BCUT2D eigenvalue weighted by atomic mass is 16.5. The molecule has 22 heavy (non-hydrogen) atoms. The average Bonchev–Trinajstić information content (AvgIpc) is 2.87. The number of pyridine rings is 1. The van der Waals surface area contributed by atoms with Crippen LogP contribution in [0.4, 0.5) is 5.69 Å². The number of methoxy groups -OCH3 is 1. The maximum absolute atomic E-state index is 12.6. The van der Waals surface area contributed by atoms with Gasteiger partial charge in [0.15, 0.2) is 0 Å².